The van der Waals surface area contributed by atoms with Crippen LogP contribution in [0.4, 0.5) is 18.9 Å². The largest absolute Gasteiger partial charge is 0.416 e. The Morgan fingerprint density at radius 1 is 1.04 bits per heavy atom. The van der Waals surface area contributed by atoms with Crippen LogP contribution in [0, 0.1) is 6.92 Å². The number of thiocarbonyl (C=S) groups is 1. The average molecular weight is 410 g/mol. The molecule has 4 N–H and O–H groups in total. The molecule has 0 saturated carbocycles. The molecule has 0 heterocycles. The third-order valence-electron chi connectivity index (χ3n) is 3.56. The van der Waals surface area contributed by atoms with Crippen molar-refractivity contribution in [1.82, 2.24) is 16.2 Å². The Bertz CT molecular complexity index is 887. The number of rotatable bonds is 4. The molecule has 0 aliphatic carbocycles. The van der Waals surface area contributed by atoms with Crippen molar-refractivity contribution in [2.45, 2.75) is 13.1 Å². The average Bonchev–Trinajstić information content (AvgIpc) is 2.64. The Kier molecular flexibility index (Phi) is 6.94. The van der Waals surface area contributed by atoms with E-state index in [2.05, 4.69) is 21.5 Å². The fourth-order valence-corrected chi connectivity index (χ4v) is 2.36. The van der Waals surface area contributed by atoms with Crippen molar-refractivity contribution in [1.29, 1.82) is 0 Å². The van der Waals surface area contributed by atoms with E-state index in [0.29, 0.717) is 5.56 Å². The summed E-state index contributed by atoms with van der Waals surface area (Å²) in [5.41, 5.74) is 5.08. The van der Waals surface area contributed by atoms with Gasteiger partial charge in [-0.15, -0.1) is 0 Å². The van der Waals surface area contributed by atoms with Gasteiger partial charge in [-0.05, 0) is 49.0 Å². The molecule has 0 saturated heterocycles. The van der Waals surface area contributed by atoms with Gasteiger partial charge in [0.15, 0.2) is 5.11 Å². The molecule has 6 nitrogen and oxygen atoms in total. The van der Waals surface area contributed by atoms with E-state index in [1.54, 1.807) is 31.2 Å². The monoisotopic (exact) mass is 410 g/mol. The van der Waals surface area contributed by atoms with Gasteiger partial charge in [0.25, 0.3) is 11.8 Å². The maximum absolute atomic E-state index is 12.7. The smallest absolute Gasteiger partial charge is 0.343 e. The zero-order valence-electron chi connectivity index (χ0n) is 14.7. The van der Waals surface area contributed by atoms with Gasteiger partial charge in [-0.25, -0.2) is 0 Å². The van der Waals surface area contributed by atoms with Gasteiger partial charge < -0.3 is 10.6 Å². The number of carbonyl (C=O) groups is 2. The highest BCUT2D eigenvalue weighted by molar-refractivity contribution is 7.80. The molecule has 0 atom stereocenters. The normalized spacial score (nSPS) is 10.7. The second-order valence-corrected chi connectivity index (χ2v) is 6.11. The number of amides is 2. The van der Waals surface area contributed by atoms with Crippen LogP contribution in [0.15, 0.2) is 48.5 Å². The molecular formula is C18H17F3N4O2S. The van der Waals surface area contributed by atoms with Crippen molar-refractivity contribution in [3.8, 4) is 0 Å². The first-order chi connectivity index (χ1) is 13.2. The Balaban J connectivity index is 1.79. The van der Waals surface area contributed by atoms with E-state index < -0.39 is 23.6 Å². The fraction of sp³-hybridized carbons (Fsp3) is 0.167. The van der Waals surface area contributed by atoms with E-state index in [9.17, 15) is 22.8 Å². The van der Waals surface area contributed by atoms with Crippen LogP contribution >= 0.6 is 12.2 Å². The van der Waals surface area contributed by atoms with Crippen LogP contribution in [0.25, 0.3) is 0 Å². The van der Waals surface area contributed by atoms with E-state index in [-0.39, 0.29) is 17.3 Å². The number of nitrogens with one attached hydrogen (secondary N) is 4. The number of hydrogen-bond acceptors (Lipinski definition) is 3. The van der Waals surface area contributed by atoms with Crippen molar-refractivity contribution in [3.05, 3.63) is 65.2 Å². The van der Waals surface area contributed by atoms with E-state index in [1.165, 1.54) is 12.1 Å². The van der Waals surface area contributed by atoms with Crippen molar-refractivity contribution in [2.75, 3.05) is 11.9 Å². The highest BCUT2D eigenvalue weighted by Gasteiger charge is 2.30. The molecular weight excluding hydrogens is 393 g/mol. The summed E-state index contributed by atoms with van der Waals surface area (Å²) in [5.74, 6) is -0.993. The number of alkyl halides is 3. The third-order valence-corrected chi connectivity index (χ3v) is 3.77. The molecule has 0 aromatic heterocycles. The number of aryl methyl sites for hydroxylation is 1. The second-order valence-electron chi connectivity index (χ2n) is 5.70. The highest BCUT2D eigenvalue weighted by atomic mass is 32.1. The van der Waals surface area contributed by atoms with Gasteiger partial charge >= 0.3 is 6.18 Å². The predicted octanol–water partition coefficient (Wildman–Crippen LogP) is 2.76. The second kappa shape index (κ2) is 9.18. The minimum absolute atomic E-state index is 0.106. The lowest BCUT2D eigenvalue weighted by Gasteiger charge is -2.13. The highest BCUT2D eigenvalue weighted by Crippen LogP contribution is 2.30. The molecule has 148 valence electrons. The van der Waals surface area contributed by atoms with Crippen LogP contribution in [0.3, 0.4) is 0 Å². The van der Waals surface area contributed by atoms with E-state index in [4.69, 9.17) is 12.2 Å². The van der Waals surface area contributed by atoms with Crippen LogP contribution < -0.4 is 21.5 Å². The van der Waals surface area contributed by atoms with Crippen molar-refractivity contribution in [2.24, 2.45) is 0 Å². The molecule has 28 heavy (non-hydrogen) atoms. The summed E-state index contributed by atoms with van der Waals surface area (Å²) >= 11 is 4.91. The Hall–Kier alpha value is -3.14. The zero-order valence-corrected chi connectivity index (χ0v) is 15.5. The van der Waals surface area contributed by atoms with E-state index in [1.807, 2.05) is 0 Å². The van der Waals surface area contributed by atoms with Crippen molar-refractivity contribution >= 4 is 34.8 Å². The van der Waals surface area contributed by atoms with Gasteiger partial charge in [0.1, 0.15) is 0 Å². The summed E-state index contributed by atoms with van der Waals surface area (Å²) in [7, 11) is 0. The molecule has 2 rings (SSSR count). The van der Waals surface area contributed by atoms with Gasteiger partial charge in [0.05, 0.1) is 12.1 Å². The molecule has 0 fully saturated rings. The summed E-state index contributed by atoms with van der Waals surface area (Å²) in [6.45, 7) is 1.46. The maximum atomic E-state index is 12.7. The van der Waals surface area contributed by atoms with Crippen LogP contribution in [0.2, 0.25) is 0 Å². The first-order valence-electron chi connectivity index (χ1n) is 8.04. The first kappa shape index (κ1) is 21.2. The van der Waals surface area contributed by atoms with Gasteiger partial charge in [0.2, 0.25) is 0 Å². The molecule has 2 aromatic rings. The number of hydrogen-bond donors (Lipinski definition) is 4. The zero-order chi connectivity index (χ0) is 20.7. The van der Waals surface area contributed by atoms with Gasteiger partial charge in [0, 0.05) is 11.3 Å². The summed E-state index contributed by atoms with van der Waals surface area (Å²) in [6.07, 6.45) is -4.48. The number of benzene rings is 2. The molecule has 0 aliphatic rings. The standard InChI is InChI=1S/C18H17F3N4O2S/c1-11-5-2-3-8-14(11)16(27)22-10-15(26)24-25-17(28)23-13-7-4-6-12(9-13)18(19,20)21/h2-9H,10H2,1H3,(H,22,27)(H,24,26)(H2,23,25,28). The molecule has 2 amide bonds. The summed E-state index contributed by atoms with van der Waals surface area (Å²) in [5, 5.41) is 4.87. The topological polar surface area (TPSA) is 82.3 Å². The van der Waals surface area contributed by atoms with E-state index >= 15 is 0 Å². The molecule has 0 bridgehead atoms. The number of anilines is 1. The minimum atomic E-state index is -4.48. The molecule has 0 unspecified atom stereocenters. The van der Waals surface area contributed by atoms with Crippen molar-refractivity contribution in [3.63, 3.8) is 0 Å². The molecule has 2 aromatic carbocycles. The number of halogens is 3. The van der Waals surface area contributed by atoms with Crippen LogP contribution in [0.5, 0.6) is 0 Å². The van der Waals surface area contributed by atoms with Crippen LogP contribution in [-0.2, 0) is 11.0 Å². The lowest BCUT2D eigenvalue weighted by atomic mass is 10.1. The van der Waals surface area contributed by atoms with Gasteiger partial charge in [-0.1, -0.05) is 24.3 Å². The SMILES string of the molecule is Cc1ccccc1C(=O)NCC(=O)NNC(=S)Nc1cccc(C(F)(F)F)c1. The lowest BCUT2D eigenvalue weighted by molar-refractivity contribution is -0.137. The van der Waals surface area contributed by atoms with Crippen LogP contribution in [0.1, 0.15) is 21.5 Å². The Morgan fingerprint density at radius 3 is 2.43 bits per heavy atom. The van der Waals surface area contributed by atoms with Gasteiger partial charge in [-0.2, -0.15) is 13.2 Å². The summed E-state index contributed by atoms with van der Waals surface area (Å²) in [6, 6.07) is 11.4. The molecule has 0 radical (unpaired) electrons. The number of carbonyl (C=O) groups excluding carboxylic acids is 2. The molecule has 0 spiro atoms. The number of hydrazine groups is 1. The Morgan fingerprint density at radius 2 is 1.75 bits per heavy atom. The quantitative estimate of drug-likeness (QED) is 0.460. The van der Waals surface area contributed by atoms with Crippen LogP contribution in [-0.4, -0.2) is 23.5 Å². The third kappa shape index (κ3) is 6.23. The van der Waals surface area contributed by atoms with E-state index in [0.717, 1.165) is 17.7 Å². The fourth-order valence-electron chi connectivity index (χ4n) is 2.19. The first-order valence-corrected chi connectivity index (χ1v) is 8.44. The summed E-state index contributed by atoms with van der Waals surface area (Å²) in [4.78, 5) is 23.8. The molecule has 0 aliphatic heterocycles. The van der Waals surface area contributed by atoms with Crippen molar-refractivity contribution < 1.29 is 22.8 Å². The van der Waals surface area contributed by atoms with Gasteiger partial charge in [-0.3, -0.25) is 20.4 Å². The Labute approximate surface area is 164 Å². The maximum Gasteiger partial charge on any atom is 0.416 e. The predicted molar refractivity (Wildman–Crippen MR) is 102 cm³/mol. The lowest BCUT2D eigenvalue weighted by Crippen LogP contribution is -2.47. The molecule has 10 heteroatoms. The summed E-state index contributed by atoms with van der Waals surface area (Å²) < 4.78 is 38.1. The minimum Gasteiger partial charge on any atom is -0.343 e.